The molecule has 0 radical (unpaired) electrons. The average Bonchev–Trinajstić information content (AvgIpc) is 3.05. The van der Waals surface area contributed by atoms with Crippen molar-refractivity contribution in [1.82, 2.24) is 14.5 Å². The second-order valence-electron chi connectivity index (χ2n) is 7.49. The fourth-order valence-corrected chi connectivity index (χ4v) is 3.64. The van der Waals surface area contributed by atoms with E-state index in [0.29, 0.717) is 41.8 Å². The molecular weight excluding hydrogens is 452 g/mol. The third-order valence-electron chi connectivity index (χ3n) is 5.20. The third-order valence-corrected chi connectivity index (χ3v) is 5.45. The topological polar surface area (TPSA) is 53.8 Å². The normalized spacial score (nSPS) is 16.9. The molecule has 0 fully saturated rings. The molecule has 6 nitrogen and oxygen atoms in total. The van der Waals surface area contributed by atoms with Gasteiger partial charge in [-0.25, -0.2) is 4.39 Å². The van der Waals surface area contributed by atoms with Crippen LogP contribution in [0, 0.1) is 5.82 Å². The van der Waals surface area contributed by atoms with E-state index in [4.69, 9.17) is 16.3 Å². The number of alkyl halides is 3. The monoisotopic (exact) mass is 470 g/mol. The molecule has 0 bridgehead atoms. The Hall–Kier alpha value is -2.82. The number of hydrogen-bond donors (Lipinski definition) is 1. The molecule has 0 saturated carbocycles. The Morgan fingerprint density at radius 2 is 1.84 bits per heavy atom. The van der Waals surface area contributed by atoms with E-state index in [1.165, 1.54) is 4.90 Å². The number of aliphatic hydroxyl groups excluding tert-OH is 1. The molecule has 1 unspecified atom stereocenters. The van der Waals surface area contributed by atoms with Crippen LogP contribution in [0.15, 0.2) is 42.5 Å². The van der Waals surface area contributed by atoms with Crippen LogP contribution in [0.3, 0.4) is 0 Å². The molecule has 3 aromatic rings. The molecule has 0 saturated heterocycles. The first kappa shape index (κ1) is 22.4. The van der Waals surface area contributed by atoms with Crippen LogP contribution in [0.5, 0.6) is 11.8 Å². The minimum Gasteiger partial charge on any atom is -0.425 e. The first-order valence-corrected chi connectivity index (χ1v) is 9.92. The van der Waals surface area contributed by atoms with E-state index >= 15 is 0 Å². The fourth-order valence-electron chi connectivity index (χ4n) is 3.52. The lowest BCUT2D eigenvalue weighted by molar-refractivity contribution is -0.140. The Morgan fingerprint density at radius 1 is 1.16 bits per heavy atom. The van der Waals surface area contributed by atoms with Gasteiger partial charge in [-0.05, 0) is 42.9 Å². The SMILES string of the molecule is CN1Cc2c(nc(Oc3ccc(F)c(C(F)(F)F)c3)n2Cc2ccc(Cl)cc2)N(C)C1O. The first-order valence-electron chi connectivity index (χ1n) is 9.54. The number of nitrogens with zero attached hydrogens (tertiary/aromatic N) is 4. The van der Waals surface area contributed by atoms with Crippen LogP contribution in [0.2, 0.25) is 5.02 Å². The van der Waals surface area contributed by atoms with E-state index in [2.05, 4.69) is 4.98 Å². The van der Waals surface area contributed by atoms with Crippen molar-refractivity contribution in [2.24, 2.45) is 0 Å². The molecular formula is C21H19ClF4N4O2. The van der Waals surface area contributed by atoms with Crippen LogP contribution < -0.4 is 9.64 Å². The highest BCUT2D eigenvalue weighted by atomic mass is 35.5. The van der Waals surface area contributed by atoms with Gasteiger partial charge in [0.25, 0.3) is 0 Å². The Labute approximate surface area is 186 Å². The van der Waals surface area contributed by atoms with E-state index in [1.807, 2.05) is 12.1 Å². The molecule has 4 rings (SSSR count). The summed E-state index contributed by atoms with van der Waals surface area (Å²) in [6, 6.07) is 9.48. The van der Waals surface area contributed by atoms with Gasteiger partial charge in [0.1, 0.15) is 11.6 Å². The number of halogens is 5. The highest BCUT2D eigenvalue weighted by Gasteiger charge is 2.35. The summed E-state index contributed by atoms with van der Waals surface area (Å²) in [6.45, 7) is 0.613. The number of fused-ring (bicyclic) bond motifs is 1. The van der Waals surface area contributed by atoms with Gasteiger partial charge < -0.3 is 14.7 Å². The molecule has 1 atom stereocenters. The Kier molecular flexibility index (Phi) is 5.78. The number of aromatic nitrogens is 2. The molecule has 170 valence electrons. The van der Waals surface area contributed by atoms with Gasteiger partial charge in [0.05, 0.1) is 17.8 Å². The average molecular weight is 471 g/mol. The van der Waals surface area contributed by atoms with Gasteiger partial charge in [-0.15, -0.1) is 0 Å². The number of ether oxygens (including phenoxy) is 1. The number of aliphatic hydroxyl groups is 1. The lowest BCUT2D eigenvalue weighted by Gasteiger charge is -2.36. The van der Waals surface area contributed by atoms with Gasteiger partial charge in [-0.1, -0.05) is 23.7 Å². The maximum Gasteiger partial charge on any atom is 0.419 e. The minimum atomic E-state index is -4.87. The maximum absolute atomic E-state index is 13.7. The fraction of sp³-hybridized carbons (Fsp3) is 0.286. The zero-order valence-electron chi connectivity index (χ0n) is 17.1. The maximum atomic E-state index is 13.7. The standard InChI is InChI=1S/C21H19ClF4N4O2/c1-28-11-17-18(29(2)20(28)31)27-19(30(17)10-12-3-5-13(22)6-4-12)32-14-7-8-16(23)15(9-14)21(24,25)26/h3-9,20,31H,10-11H2,1-2H3. The van der Waals surface area contributed by atoms with Crippen LogP contribution in [0.25, 0.3) is 0 Å². The van der Waals surface area contributed by atoms with Crippen LogP contribution in [-0.2, 0) is 19.3 Å². The lowest BCUT2D eigenvalue weighted by atomic mass is 10.2. The van der Waals surface area contributed by atoms with Crippen LogP contribution in [0.1, 0.15) is 16.8 Å². The third kappa shape index (κ3) is 4.25. The number of rotatable bonds is 4. The molecule has 1 aliphatic heterocycles. The summed E-state index contributed by atoms with van der Waals surface area (Å²) in [6.07, 6.45) is -5.80. The quantitative estimate of drug-likeness (QED) is 0.561. The van der Waals surface area contributed by atoms with Crippen molar-refractivity contribution < 1.29 is 27.4 Å². The van der Waals surface area contributed by atoms with Crippen molar-refractivity contribution in [3.05, 3.63) is 70.1 Å². The Balaban J connectivity index is 1.77. The van der Waals surface area contributed by atoms with Crippen molar-refractivity contribution in [1.29, 1.82) is 0 Å². The second kappa shape index (κ2) is 8.27. The smallest absolute Gasteiger partial charge is 0.419 e. The summed E-state index contributed by atoms with van der Waals surface area (Å²) in [5.74, 6) is -1.18. The molecule has 1 aliphatic rings. The predicted octanol–water partition coefficient (Wildman–Crippen LogP) is 4.69. The van der Waals surface area contributed by atoms with Gasteiger partial charge in [0, 0.05) is 18.6 Å². The molecule has 0 amide bonds. The highest BCUT2D eigenvalue weighted by molar-refractivity contribution is 6.30. The molecule has 32 heavy (non-hydrogen) atoms. The van der Waals surface area contributed by atoms with Crippen molar-refractivity contribution in [3.8, 4) is 11.8 Å². The van der Waals surface area contributed by atoms with Crippen molar-refractivity contribution >= 4 is 17.4 Å². The van der Waals surface area contributed by atoms with E-state index in [9.17, 15) is 22.7 Å². The van der Waals surface area contributed by atoms with Crippen LogP contribution in [-0.4, -0.2) is 40.0 Å². The van der Waals surface area contributed by atoms with Gasteiger partial charge in [0.15, 0.2) is 12.2 Å². The molecule has 0 spiro atoms. The van der Waals surface area contributed by atoms with Gasteiger partial charge >= 0.3 is 12.2 Å². The van der Waals surface area contributed by atoms with E-state index in [-0.39, 0.29) is 11.8 Å². The second-order valence-corrected chi connectivity index (χ2v) is 7.93. The zero-order valence-corrected chi connectivity index (χ0v) is 17.8. The Bertz CT molecular complexity index is 1130. The summed E-state index contributed by atoms with van der Waals surface area (Å²) >= 11 is 5.96. The summed E-state index contributed by atoms with van der Waals surface area (Å²) < 4.78 is 60.5. The zero-order chi connectivity index (χ0) is 23.2. The predicted molar refractivity (Wildman–Crippen MR) is 110 cm³/mol. The Morgan fingerprint density at radius 3 is 2.50 bits per heavy atom. The molecule has 2 heterocycles. The summed E-state index contributed by atoms with van der Waals surface area (Å²) in [5.41, 5.74) is 0.122. The summed E-state index contributed by atoms with van der Waals surface area (Å²) in [5, 5.41) is 10.9. The minimum absolute atomic E-state index is 0.0130. The van der Waals surface area contributed by atoms with Gasteiger partial charge in [-0.3, -0.25) is 9.47 Å². The lowest BCUT2D eigenvalue weighted by Crippen LogP contribution is -2.48. The van der Waals surface area contributed by atoms with E-state index < -0.39 is 23.9 Å². The van der Waals surface area contributed by atoms with Crippen molar-refractivity contribution in [3.63, 3.8) is 0 Å². The summed E-state index contributed by atoms with van der Waals surface area (Å²) in [4.78, 5) is 7.61. The number of imidazole rings is 1. The number of hydrogen-bond acceptors (Lipinski definition) is 5. The summed E-state index contributed by atoms with van der Waals surface area (Å²) in [7, 11) is 3.36. The molecule has 0 aliphatic carbocycles. The molecule has 2 aromatic carbocycles. The van der Waals surface area contributed by atoms with E-state index in [1.54, 1.807) is 35.7 Å². The highest BCUT2D eigenvalue weighted by Crippen LogP contribution is 2.37. The van der Waals surface area contributed by atoms with Gasteiger partial charge in [0.2, 0.25) is 0 Å². The van der Waals surface area contributed by atoms with E-state index in [0.717, 1.165) is 11.6 Å². The largest absolute Gasteiger partial charge is 0.425 e. The molecule has 1 aromatic heterocycles. The number of benzene rings is 2. The molecule has 1 N–H and O–H groups in total. The van der Waals surface area contributed by atoms with Crippen LogP contribution >= 0.6 is 11.6 Å². The number of anilines is 1. The first-order chi connectivity index (χ1) is 15.0. The molecule has 11 heteroatoms. The van der Waals surface area contributed by atoms with Crippen molar-refractivity contribution in [2.75, 3.05) is 19.0 Å². The van der Waals surface area contributed by atoms with Gasteiger partial charge in [-0.2, -0.15) is 18.2 Å². The van der Waals surface area contributed by atoms with Crippen molar-refractivity contribution in [2.45, 2.75) is 25.6 Å². The van der Waals surface area contributed by atoms with Crippen LogP contribution in [0.4, 0.5) is 23.4 Å².